The maximum absolute atomic E-state index is 4.19. The van der Waals surface area contributed by atoms with Crippen LogP contribution in [0, 0.1) is 0 Å². The van der Waals surface area contributed by atoms with Crippen molar-refractivity contribution in [3.63, 3.8) is 0 Å². The van der Waals surface area contributed by atoms with Gasteiger partial charge in [0.2, 0.25) is 0 Å². The largest absolute Gasteiger partial charge is 0.373 e. The minimum absolute atomic E-state index is 0.792. The van der Waals surface area contributed by atoms with Gasteiger partial charge in [-0.15, -0.1) is 0 Å². The predicted molar refractivity (Wildman–Crippen MR) is 79.9 cm³/mol. The number of anilines is 3. The molecule has 4 nitrogen and oxygen atoms in total. The van der Waals surface area contributed by atoms with Gasteiger partial charge in [0.1, 0.15) is 18.0 Å². The van der Waals surface area contributed by atoms with Gasteiger partial charge in [0, 0.05) is 18.8 Å². The standard InChI is InChI=1S/C15H20N4/c1-3-4-5-12-6-8-13(9-7-12)19-15-10-14(16-2)17-11-18-15/h6-11H,3-5H2,1-2H3,(H2,16,17,18,19). The Morgan fingerprint density at radius 3 is 2.47 bits per heavy atom. The summed E-state index contributed by atoms with van der Waals surface area (Å²) in [4.78, 5) is 8.28. The Morgan fingerprint density at radius 2 is 1.79 bits per heavy atom. The summed E-state index contributed by atoms with van der Waals surface area (Å²) in [7, 11) is 1.84. The molecule has 0 unspecified atom stereocenters. The molecule has 0 bridgehead atoms. The van der Waals surface area contributed by atoms with Crippen LogP contribution >= 0.6 is 0 Å². The van der Waals surface area contributed by atoms with Crippen molar-refractivity contribution >= 4 is 17.3 Å². The number of aromatic nitrogens is 2. The molecule has 0 atom stereocenters. The molecule has 0 spiro atoms. The second kappa shape index (κ2) is 6.73. The van der Waals surface area contributed by atoms with Crippen LogP contribution in [-0.2, 0) is 6.42 Å². The Hall–Kier alpha value is -2.10. The normalized spacial score (nSPS) is 10.2. The number of hydrogen-bond acceptors (Lipinski definition) is 4. The van der Waals surface area contributed by atoms with E-state index >= 15 is 0 Å². The minimum Gasteiger partial charge on any atom is -0.373 e. The van der Waals surface area contributed by atoms with Crippen LogP contribution in [0.2, 0.25) is 0 Å². The zero-order chi connectivity index (χ0) is 13.5. The predicted octanol–water partition coefficient (Wildman–Crippen LogP) is 3.60. The maximum Gasteiger partial charge on any atom is 0.135 e. The van der Waals surface area contributed by atoms with Gasteiger partial charge in [-0.2, -0.15) is 0 Å². The van der Waals surface area contributed by atoms with Crippen molar-refractivity contribution in [2.45, 2.75) is 26.2 Å². The van der Waals surface area contributed by atoms with Crippen molar-refractivity contribution in [1.29, 1.82) is 0 Å². The highest BCUT2D eigenvalue weighted by molar-refractivity contribution is 5.58. The summed E-state index contributed by atoms with van der Waals surface area (Å²) < 4.78 is 0. The summed E-state index contributed by atoms with van der Waals surface area (Å²) in [5, 5.41) is 6.27. The number of nitrogens with one attached hydrogen (secondary N) is 2. The molecule has 0 amide bonds. The average molecular weight is 256 g/mol. The first-order valence-corrected chi connectivity index (χ1v) is 6.67. The monoisotopic (exact) mass is 256 g/mol. The topological polar surface area (TPSA) is 49.8 Å². The van der Waals surface area contributed by atoms with E-state index in [0.717, 1.165) is 23.7 Å². The van der Waals surface area contributed by atoms with Crippen LogP contribution in [0.15, 0.2) is 36.7 Å². The van der Waals surface area contributed by atoms with E-state index in [9.17, 15) is 0 Å². The third-order valence-electron chi connectivity index (χ3n) is 2.97. The molecule has 19 heavy (non-hydrogen) atoms. The van der Waals surface area contributed by atoms with E-state index in [1.807, 2.05) is 13.1 Å². The van der Waals surface area contributed by atoms with E-state index in [1.54, 1.807) is 6.33 Å². The van der Waals surface area contributed by atoms with Crippen molar-refractivity contribution in [3.05, 3.63) is 42.2 Å². The summed E-state index contributed by atoms with van der Waals surface area (Å²) in [5.74, 6) is 1.60. The molecule has 0 radical (unpaired) electrons. The van der Waals surface area contributed by atoms with Gasteiger partial charge in [0.05, 0.1) is 0 Å². The molecule has 0 aliphatic carbocycles. The van der Waals surface area contributed by atoms with E-state index in [-0.39, 0.29) is 0 Å². The molecule has 4 heteroatoms. The lowest BCUT2D eigenvalue weighted by Crippen LogP contribution is -1.98. The smallest absolute Gasteiger partial charge is 0.135 e. The molecule has 0 saturated heterocycles. The van der Waals surface area contributed by atoms with E-state index in [0.29, 0.717) is 0 Å². The fourth-order valence-electron chi connectivity index (χ4n) is 1.85. The summed E-state index contributed by atoms with van der Waals surface area (Å²) in [6.07, 6.45) is 5.16. The number of rotatable bonds is 6. The quantitative estimate of drug-likeness (QED) is 0.829. The molecule has 0 aliphatic rings. The van der Waals surface area contributed by atoms with Crippen molar-refractivity contribution in [2.75, 3.05) is 17.7 Å². The summed E-state index contributed by atoms with van der Waals surface area (Å²) in [6.45, 7) is 2.21. The number of hydrogen-bond donors (Lipinski definition) is 2. The summed E-state index contributed by atoms with van der Waals surface area (Å²) in [5.41, 5.74) is 2.42. The zero-order valence-electron chi connectivity index (χ0n) is 11.5. The molecule has 100 valence electrons. The Morgan fingerprint density at radius 1 is 1.05 bits per heavy atom. The molecule has 0 saturated carbocycles. The number of unbranched alkanes of at least 4 members (excludes halogenated alkanes) is 1. The van der Waals surface area contributed by atoms with Gasteiger partial charge in [-0.3, -0.25) is 0 Å². The Balaban J connectivity index is 2.02. The molecule has 0 fully saturated rings. The highest BCUT2D eigenvalue weighted by atomic mass is 15.1. The highest BCUT2D eigenvalue weighted by Gasteiger charge is 1.99. The van der Waals surface area contributed by atoms with E-state index in [1.165, 1.54) is 18.4 Å². The fraction of sp³-hybridized carbons (Fsp3) is 0.333. The van der Waals surface area contributed by atoms with E-state index in [2.05, 4.69) is 51.8 Å². The van der Waals surface area contributed by atoms with Gasteiger partial charge < -0.3 is 10.6 Å². The summed E-state index contributed by atoms with van der Waals surface area (Å²) >= 11 is 0. The minimum atomic E-state index is 0.792. The second-order valence-electron chi connectivity index (χ2n) is 4.46. The van der Waals surface area contributed by atoms with E-state index < -0.39 is 0 Å². The lowest BCUT2D eigenvalue weighted by Gasteiger charge is -2.07. The molecule has 1 aromatic heterocycles. The molecule has 1 heterocycles. The third-order valence-corrected chi connectivity index (χ3v) is 2.97. The van der Waals surface area contributed by atoms with Crippen LogP contribution in [0.4, 0.5) is 17.3 Å². The maximum atomic E-state index is 4.19. The first-order valence-electron chi connectivity index (χ1n) is 6.67. The average Bonchev–Trinajstić information content (AvgIpc) is 2.47. The fourth-order valence-corrected chi connectivity index (χ4v) is 1.85. The van der Waals surface area contributed by atoms with Crippen molar-refractivity contribution in [3.8, 4) is 0 Å². The second-order valence-corrected chi connectivity index (χ2v) is 4.46. The number of aryl methyl sites for hydroxylation is 1. The Bertz CT molecular complexity index is 508. The van der Waals surface area contributed by atoms with E-state index in [4.69, 9.17) is 0 Å². The molecule has 1 aromatic carbocycles. The Kier molecular flexibility index (Phi) is 4.72. The molecule has 0 aliphatic heterocycles. The van der Waals surface area contributed by atoms with Gasteiger partial charge >= 0.3 is 0 Å². The van der Waals surface area contributed by atoms with Crippen LogP contribution in [0.3, 0.4) is 0 Å². The van der Waals surface area contributed by atoms with Gasteiger partial charge in [-0.05, 0) is 30.5 Å². The van der Waals surface area contributed by atoms with Gasteiger partial charge in [0.15, 0.2) is 0 Å². The zero-order valence-corrected chi connectivity index (χ0v) is 11.5. The van der Waals surface area contributed by atoms with Crippen LogP contribution in [0.1, 0.15) is 25.3 Å². The van der Waals surface area contributed by atoms with Crippen molar-refractivity contribution < 1.29 is 0 Å². The first kappa shape index (κ1) is 13.3. The molecular weight excluding hydrogens is 236 g/mol. The van der Waals surface area contributed by atoms with Gasteiger partial charge in [-0.1, -0.05) is 25.5 Å². The van der Waals surface area contributed by atoms with Crippen LogP contribution < -0.4 is 10.6 Å². The summed E-state index contributed by atoms with van der Waals surface area (Å²) in [6, 6.07) is 10.4. The van der Waals surface area contributed by atoms with Gasteiger partial charge in [0.25, 0.3) is 0 Å². The lowest BCUT2D eigenvalue weighted by atomic mass is 10.1. The number of nitrogens with zero attached hydrogens (tertiary/aromatic N) is 2. The van der Waals surface area contributed by atoms with Crippen LogP contribution in [0.25, 0.3) is 0 Å². The molecule has 2 N–H and O–H groups in total. The number of benzene rings is 1. The van der Waals surface area contributed by atoms with Crippen LogP contribution in [0.5, 0.6) is 0 Å². The highest BCUT2D eigenvalue weighted by Crippen LogP contribution is 2.17. The molecule has 2 aromatic rings. The molecular formula is C15H20N4. The lowest BCUT2D eigenvalue weighted by molar-refractivity contribution is 0.795. The third kappa shape index (κ3) is 3.95. The molecule has 2 rings (SSSR count). The first-order chi connectivity index (χ1) is 9.31. The SMILES string of the molecule is CCCCc1ccc(Nc2cc(NC)ncn2)cc1. The van der Waals surface area contributed by atoms with Gasteiger partial charge in [-0.25, -0.2) is 9.97 Å². The van der Waals surface area contributed by atoms with Crippen molar-refractivity contribution in [2.24, 2.45) is 0 Å². The van der Waals surface area contributed by atoms with Crippen molar-refractivity contribution in [1.82, 2.24) is 9.97 Å². The Labute approximate surface area is 114 Å². The van der Waals surface area contributed by atoms with Crippen LogP contribution in [-0.4, -0.2) is 17.0 Å².